The number of hydrogen-bond donors (Lipinski definition) is 1. The zero-order chi connectivity index (χ0) is 27.8. The monoisotopic (exact) mass is 489 g/mol. The van der Waals surface area contributed by atoms with Crippen LogP contribution in [0.4, 0.5) is 4.39 Å². The molecule has 2 N–H and O–H groups in total. The van der Waals surface area contributed by atoms with Gasteiger partial charge in [0.05, 0.1) is 5.60 Å². The van der Waals surface area contributed by atoms with E-state index < -0.39 is 5.67 Å². The van der Waals surface area contributed by atoms with E-state index in [1.165, 1.54) is 6.42 Å². The van der Waals surface area contributed by atoms with Crippen LogP contribution in [0.25, 0.3) is 0 Å². The SMILES string of the molecule is CC.CC1(F)CCC(C(C=O)OC(C)(C)C)CC1.CCCC(C(C)C(C)=O)C(C)(C)C.NC=O. The van der Waals surface area contributed by atoms with Crippen LogP contribution in [-0.4, -0.2) is 35.9 Å². The predicted octanol–water partition coefficient (Wildman–Crippen LogP) is 7.09. The highest BCUT2D eigenvalue weighted by Crippen LogP contribution is 2.37. The Balaban J connectivity index is -0.000000482. The number of ether oxygens (including phenoxy) is 1. The first kappa shape index (κ1) is 37.3. The number of ketones is 1. The molecule has 0 saturated heterocycles. The predicted molar refractivity (Wildman–Crippen MR) is 141 cm³/mol. The smallest absolute Gasteiger partial charge is 0.204 e. The second-order valence-electron chi connectivity index (χ2n) is 11.4. The van der Waals surface area contributed by atoms with Crippen molar-refractivity contribution in [3.8, 4) is 0 Å². The summed E-state index contributed by atoms with van der Waals surface area (Å²) in [6, 6.07) is 0. The Morgan fingerprint density at radius 1 is 1.12 bits per heavy atom. The first-order chi connectivity index (χ1) is 15.5. The van der Waals surface area contributed by atoms with Gasteiger partial charge in [0.1, 0.15) is 23.8 Å². The summed E-state index contributed by atoms with van der Waals surface area (Å²) in [5.41, 5.74) is 3.05. The number of aldehydes is 1. The van der Waals surface area contributed by atoms with Crippen LogP contribution in [0.3, 0.4) is 0 Å². The van der Waals surface area contributed by atoms with Crippen molar-refractivity contribution in [2.75, 3.05) is 0 Å². The number of nitrogens with two attached hydrogens (primary N) is 1. The maximum Gasteiger partial charge on any atom is 0.204 e. The van der Waals surface area contributed by atoms with Crippen molar-refractivity contribution < 1.29 is 23.5 Å². The lowest BCUT2D eigenvalue weighted by molar-refractivity contribution is -0.137. The van der Waals surface area contributed by atoms with Crippen LogP contribution in [0, 0.1) is 23.2 Å². The number of primary amides is 1. The van der Waals surface area contributed by atoms with Crippen LogP contribution >= 0.6 is 0 Å². The van der Waals surface area contributed by atoms with Crippen molar-refractivity contribution in [3.63, 3.8) is 0 Å². The van der Waals surface area contributed by atoms with E-state index in [0.717, 1.165) is 25.5 Å². The zero-order valence-electron chi connectivity index (χ0n) is 24.3. The minimum Gasteiger partial charge on any atom is -0.372 e. The number of hydrogen-bond acceptors (Lipinski definition) is 4. The second kappa shape index (κ2) is 18.0. The van der Waals surface area contributed by atoms with Gasteiger partial charge in [0.2, 0.25) is 6.41 Å². The van der Waals surface area contributed by atoms with Gasteiger partial charge in [0, 0.05) is 5.92 Å². The van der Waals surface area contributed by atoms with Gasteiger partial charge in [-0.15, -0.1) is 0 Å². The van der Waals surface area contributed by atoms with E-state index in [4.69, 9.17) is 9.53 Å². The van der Waals surface area contributed by atoms with Crippen LogP contribution in [-0.2, 0) is 19.1 Å². The number of rotatable bonds is 7. The van der Waals surface area contributed by atoms with E-state index in [1.54, 1.807) is 13.8 Å². The minimum atomic E-state index is -1.05. The van der Waals surface area contributed by atoms with Crippen molar-refractivity contribution in [2.24, 2.45) is 28.9 Å². The molecule has 204 valence electrons. The van der Waals surface area contributed by atoms with E-state index in [2.05, 4.69) is 40.4 Å². The number of carbonyl (C=O) groups excluding carboxylic acids is 3. The molecule has 0 aromatic heterocycles. The molecule has 6 heteroatoms. The molecule has 0 aromatic carbocycles. The highest BCUT2D eigenvalue weighted by Gasteiger charge is 2.36. The molecule has 0 spiro atoms. The highest BCUT2D eigenvalue weighted by molar-refractivity contribution is 5.78. The first-order valence-corrected chi connectivity index (χ1v) is 12.9. The fourth-order valence-corrected chi connectivity index (χ4v) is 4.24. The largest absolute Gasteiger partial charge is 0.372 e. The summed E-state index contributed by atoms with van der Waals surface area (Å²) in [7, 11) is 0. The third-order valence-electron chi connectivity index (χ3n) is 6.12. The molecule has 1 aliphatic rings. The van der Waals surface area contributed by atoms with Crippen LogP contribution in [0.15, 0.2) is 0 Å². The average Bonchev–Trinajstić information content (AvgIpc) is 2.71. The van der Waals surface area contributed by atoms with Gasteiger partial charge in [-0.05, 0) is 84.0 Å². The van der Waals surface area contributed by atoms with E-state index in [1.807, 2.05) is 34.6 Å². The molecule has 0 aliphatic heterocycles. The van der Waals surface area contributed by atoms with Crippen LogP contribution in [0.1, 0.15) is 122 Å². The van der Waals surface area contributed by atoms with Crippen molar-refractivity contribution in [1.29, 1.82) is 0 Å². The van der Waals surface area contributed by atoms with Crippen molar-refractivity contribution >= 4 is 18.5 Å². The second-order valence-corrected chi connectivity index (χ2v) is 11.4. The lowest BCUT2D eigenvalue weighted by Gasteiger charge is -2.36. The summed E-state index contributed by atoms with van der Waals surface area (Å²) in [5.74, 6) is 1.24. The molecule has 0 radical (unpaired) electrons. The molecule has 5 nitrogen and oxygen atoms in total. The molecule has 3 atom stereocenters. The molecule has 1 aliphatic carbocycles. The van der Waals surface area contributed by atoms with E-state index in [0.29, 0.717) is 24.5 Å². The quantitative estimate of drug-likeness (QED) is 0.387. The number of halogens is 1. The fourth-order valence-electron chi connectivity index (χ4n) is 4.24. The highest BCUT2D eigenvalue weighted by atomic mass is 19.1. The van der Waals surface area contributed by atoms with Crippen molar-refractivity contribution in [3.05, 3.63) is 0 Å². The van der Waals surface area contributed by atoms with Crippen molar-refractivity contribution in [1.82, 2.24) is 0 Å². The summed E-state index contributed by atoms with van der Waals surface area (Å²) in [6.45, 7) is 24.1. The minimum absolute atomic E-state index is 0.181. The van der Waals surface area contributed by atoms with Gasteiger partial charge >= 0.3 is 0 Å². The van der Waals surface area contributed by atoms with Crippen molar-refractivity contribution in [2.45, 2.75) is 139 Å². The Kier molecular flexibility index (Phi) is 19.8. The Bertz CT molecular complexity index is 540. The Hall–Kier alpha value is -1.30. The third kappa shape index (κ3) is 18.1. The summed E-state index contributed by atoms with van der Waals surface area (Å²) in [6.07, 6.45) is 5.63. The molecule has 3 unspecified atom stereocenters. The lowest BCUT2D eigenvalue weighted by Crippen LogP contribution is -2.38. The van der Waals surface area contributed by atoms with Crippen LogP contribution in [0.2, 0.25) is 0 Å². The Morgan fingerprint density at radius 3 is 1.79 bits per heavy atom. The van der Waals surface area contributed by atoms with Gasteiger partial charge in [-0.1, -0.05) is 54.9 Å². The molecule has 0 aromatic rings. The van der Waals surface area contributed by atoms with Crippen LogP contribution in [0.5, 0.6) is 0 Å². The maximum atomic E-state index is 13.6. The standard InChI is InChI=1S/C13H23FO2.C12H24O.C2H6.CH3NO/c1-12(2,3)16-11(9-15)10-5-7-13(4,14)8-6-10;1-7-8-11(12(4,5)6)9(2)10(3)13;1-2;2-1-3/h9-11H,5-8H2,1-4H3;9,11H,7-8H2,1-6H3;1-2H3;1H,(H2,2,3). The average molecular weight is 490 g/mol. The molecule has 1 amide bonds. The zero-order valence-corrected chi connectivity index (χ0v) is 24.3. The van der Waals surface area contributed by atoms with Crippen LogP contribution < -0.4 is 5.73 Å². The molecule has 0 bridgehead atoms. The summed E-state index contributed by atoms with van der Waals surface area (Å²) in [4.78, 5) is 30.9. The van der Waals surface area contributed by atoms with E-state index in [-0.39, 0.29) is 35.4 Å². The van der Waals surface area contributed by atoms with Gasteiger partial charge in [-0.2, -0.15) is 0 Å². The van der Waals surface area contributed by atoms with E-state index >= 15 is 0 Å². The van der Waals surface area contributed by atoms with E-state index in [9.17, 15) is 14.0 Å². The summed E-state index contributed by atoms with van der Waals surface area (Å²) in [5, 5.41) is 0. The van der Waals surface area contributed by atoms with Gasteiger partial charge in [-0.25, -0.2) is 4.39 Å². The number of Topliss-reactive ketones (excluding diaryl/α,β-unsaturated/α-hetero) is 1. The molecule has 1 fully saturated rings. The molecule has 1 saturated carbocycles. The van der Waals surface area contributed by atoms with Gasteiger partial charge in [0.15, 0.2) is 0 Å². The summed E-state index contributed by atoms with van der Waals surface area (Å²) < 4.78 is 19.3. The topological polar surface area (TPSA) is 86.5 Å². The molecule has 1 rings (SSSR count). The number of alkyl halides is 1. The third-order valence-corrected chi connectivity index (χ3v) is 6.12. The van der Waals surface area contributed by atoms with Gasteiger partial charge in [-0.3, -0.25) is 9.59 Å². The maximum absolute atomic E-state index is 13.6. The Morgan fingerprint density at radius 2 is 1.53 bits per heavy atom. The normalized spacial score (nSPS) is 22.7. The van der Waals surface area contributed by atoms with Gasteiger partial charge < -0.3 is 15.3 Å². The van der Waals surface area contributed by atoms with Gasteiger partial charge in [0.25, 0.3) is 0 Å². The molecule has 34 heavy (non-hydrogen) atoms. The molecular weight excluding hydrogens is 433 g/mol. The first-order valence-electron chi connectivity index (χ1n) is 12.9. The Labute approximate surface area is 210 Å². The number of amides is 1. The molecular formula is C28H56FNO4. The lowest BCUT2D eigenvalue weighted by atomic mass is 9.70. The summed E-state index contributed by atoms with van der Waals surface area (Å²) >= 11 is 0. The fraction of sp³-hybridized carbons (Fsp3) is 0.893. The number of carbonyl (C=O) groups is 3. The molecule has 0 heterocycles.